The SMILES string of the molecule is Cc1nccn1CCSCCC(C)N. The van der Waals surface area contributed by atoms with E-state index in [0.29, 0.717) is 6.04 Å². The highest BCUT2D eigenvalue weighted by Crippen LogP contribution is 2.06. The summed E-state index contributed by atoms with van der Waals surface area (Å²) in [4.78, 5) is 4.18. The normalized spacial score (nSPS) is 13.1. The van der Waals surface area contributed by atoms with E-state index in [9.17, 15) is 0 Å². The summed E-state index contributed by atoms with van der Waals surface area (Å²) in [6, 6.07) is 0.331. The minimum atomic E-state index is 0.331. The Morgan fingerprint density at radius 1 is 1.57 bits per heavy atom. The van der Waals surface area contributed by atoms with Crippen molar-refractivity contribution in [3.63, 3.8) is 0 Å². The molecule has 1 aromatic rings. The molecular formula is C10H19N3S. The minimum Gasteiger partial charge on any atom is -0.334 e. The Labute approximate surface area is 90.1 Å². The maximum atomic E-state index is 5.66. The number of aromatic nitrogens is 2. The fraction of sp³-hybridized carbons (Fsp3) is 0.700. The van der Waals surface area contributed by atoms with E-state index in [1.165, 1.54) is 0 Å². The van der Waals surface area contributed by atoms with Crippen LogP contribution in [0.4, 0.5) is 0 Å². The van der Waals surface area contributed by atoms with Crippen LogP contribution >= 0.6 is 11.8 Å². The number of nitrogens with zero attached hydrogens (tertiary/aromatic N) is 2. The van der Waals surface area contributed by atoms with Crippen LogP contribution in [0.2, 0.25) is 0 Å². The fourth-order valence-corrected chi connectivity index (χ4v) is 2.24. The van der Waals surface area contributed by atoms with Crippen molar-refractivity contribution in [3.8, 4) is 0 Å². The second-order valence-electron chi connectivity index (χ2n) is 3.55. The van der Waals surface area contributed by atoms with Gasteiger partial charge in [-0.05, 0) is 26.0 Å². The largest absolute Gasteiger partial charge is 0.334 e. The Hall–Kier alpha value is -0.480. The molecule has 0 aromatic carbocycles. The lowest BCUT2D eigenvalue weighted by atomic mass is 10.3. The van der Waals surface area contributed by atoms with E-state index in [0.717, 1.165) is 30.3 Å². The van der Waals surface area contributed by atoms with Crippen LogP contribution in [0.1, 0.15) is 19.2 Å². The predicted octanol–water partition coefficient (Wildman–Crippen LogP) is 1.66. The molecule has 0 aliphatic heterocycles. The molecule has 0 bridgehead atoms. The number of imidazole rings is 1. The van der Waals surface area contributed by atoms with Crippen molar-refractivity contribution in [2.45, 2.75) is 32.9 Å². The first kappa shape index (κ1) is 11.6. The zero-order valence-corrected chi connectivity index (χ0v) is 9.76. The summed E-state index contributed by atoms with van der Waals surface area (Å²) in [7, 11) is 0. The van der Waals surface area contributed by atoms with E-state index < -0.39 is 0 Å². The van der Waals surface area contributed by atoms with Crippen LogP contribution in [0.5, 0.6) is 0 Å². The highest BCUT2D eigenvalue weighted by molar-refractivity contribution is 7.99. The van der Waals surface area contributed by atoms with Crippen molar-refractivity contribution >= 4 is 11.8 Å². The Morgan fingerprint density at radius 3 is 2.93 bits per heavy atom. The van der Waals surface area contributed by atoms with Crippen LogP contribution in [0.15, 0.2) is 12.4 Å². The Balaban J connectivity index is 2.08. The first-order valence-corrected chi connectivity index (χ1v) is 6.16. The van der Waals surface area contributed by atoms with E-state index in [-0.39, 0.29) is 0 Å². The van der Waals surface area contributed by atoms with Gasteiger partial charge in [0.15, 0.2) is 0 Å². The van der Waals surface area contributed by atoms with Gasteiger partial charge in [0.05, 0.1) is 0 Å². The molecule has 1 aromatic heterocycles. The van der Waals surface area contributed by atoms with Crippen molar-refractivity contribution in [1.29, 1.82) is 0 Å². The highest BCUT2D eigenvalue weighted by Gasteiger charge is 1.97. The Morgan fingerprint density at radius 2 is 2.36 bits per heavy atom. The average molecular weight is 213 g/mol. The molecule has 1 heterocycles. The lowest BCUT2D eigenvalue weighted by molar-refractivity contribution is 0.716. The molecule has 0 spiro atoms. The van der Waals surface area contributed by atoms with Gasteiger partial charge in [-0.3, -0.25) is 0 Å². The Bertz CT molecular complexity index is 258. The van der Waals surface area contributed by atoms with E-state index >= 15 is 0 Å². The van der Waals surface area contributed by atoms with Gasteiger partial charge < -0.3 is 10.3 Å². The van der Waals surface area contributed by atoms with Crippen molar-refractivity contribution in [1.82, 2.24) is 9.55 Å². The van der Waals surface area contributed by atoms with E-state index in [1.54, 1.807) is 0 Å². The van der Waals surface area contributed by atoms with Crippen LogP contribution in [-0.2, 0) is 6.54 Å². The number of rotatable bonds is 6. The van der Waals surface area contributed by atoms with Crippen molar-refractivity contribution in [2.24, 2.45) is 5.73 Å². The number of thioether (sulfide) groups is 1. The molecule has 4 heteroatoms. The lowest BCUT2D eigenvalue weighted by Gasteiger charge is -2.06. The summed E-state index contributed by atoms with van der Waals surface area (Å²) < 4.78 is 2.18. The number of hydrogen-bond acceptors (Lipinski definition) is 3. The average Bonchev–Trinajstić information content (AvgIpc) is 2.51. The fourth-order valence-electron chi connectivity index (χ4n) is 1.17. The van der Waals surface area contributed by atoms with Gasteiger partial charge in [-0.1, -0.05) is 0 Å². The molecular weight excluding hydrogens is 194 g/mol. The topological polar surface area (TPSA) is 43.8 Å². The molecule has 0 fully saturated rings. The maximum Gasteiger partial charge on any atom is 0.105 e. The van der Waals surface area contributed by atoms with Crippen molar-refractivity contribution < 1.29 is 0 Å². The first-order chi connectivity index (χ1) is 6.70. The van der Waals surface area contributed by atoms with Gasteiger partial charge in [0.2, 0.25) is 0 Å². The first-order valence-electron chi connectivity index (χ1n) is 5.01. The number of aryl methyl sites for hydroxylation is 2. The summed E-state index contributed by atoms with van der Waals surface area (Å²) in [6.07, 6.45) is 4.98. The zero-order valence-electron chi connectivity index (χ0n) is 8.94. The van der Waals surface area contributed by atoms with Gasteiger partial charge in [0.25, 0.3) is 0 Å². The Kier molecular flexibility index (Phi) is 5.04. The van der Waals surface area contributed by atoms with E-state index in [2.05, 4.69) is 16.5 Å². The van der Waals surface area contributed by atoms with Gasteiger partial charge >= 0.3 is 0 Å². The van der Waals surface area contributed by atoms with Crippen LogP contribution in [0, 0.1) is 6.92 Å². The monoisotopic (exact) mass is 213 g/mol. The second-order valence-corrected chi connectivity index (χ2v) is 4.77. The van der Waals surface area contributed by atoms with Crippen molar-refractivity contribution in [3.05, 3.63) is 18.2 Å². The molecule has 0 aliphatic rings. The van der Waals surface area contributed by atoms with Gasteiger partial charge in [-0.15, -0.1) is 0 Å². The molecule has 1 rings (SSSR count). The smallest absolute Gasteiger partial charge is 0.105 e. The third-order valence-electron chi connectivity index (χ3n) is 2.12. The standard InChI is InChI=1S/C10H19N3S/c1-9(11)3-7-14-8-6-13-5-4-12-10(13)2/h4-5,9H,3,6-8,11H2,1-2H3. The molecule has 1 atom stereocenters. The summed E-state index contributed by atoms with van der Waals surface area (Å²) in [5.74, 6) is 3.40. The van der Waals surface area contributed by atoms with Gasteiger partial charge in [-0.25, -0.2) is 4.98 Å². The molecule has 14 heavy (non-hydrogen) atoms. The molecule has 0 radical (unpaired) electrons. The molecule has 0 saturated heterocycles. The van der Waals surface area contributed by atoms with E-state index in [1.807, 2.05) is 31.1 Å². The number of hydrogen-bond donors (Lipinski definition) is 1. The van der Waals surface area contributed by atoms with Gasteiger partial charge in [-0.2, -0.15) is 11.8 Å². The van der Waals surface area contributed by atoms with Crippen LogP contribution in [-0.4, -0.2) is 27.1 Å². The summed E-state index contributed by atoms with van der Waals surface area (Å²) in [6.45, 7) is 5.14. The maximum absolute atomic E-state index is 5.66. The predicted molar refractivity (Wildman–Crippen MR) is 62.6 cm³/mol. The quantitative estimate of drug-likeness (QED) is 0.731. The van der Waals surface area contributed by atoms with Crippen LogP contribution in [0.25, 0.3) is 0 Å². The molecule has 2 N–H and O–H groups in total. The van der Waals surface area contributed by atoms with Crippen LogP contribution in [0.3, 0.4) is 0 Å². The summed E-state index contributed by atoms with van der Waals surface area (Å²) in [5, 5.41) is 0. The lowest BCUT2D eigenvalue weighted by Crippen LogP contribution is -2.15. The molecule has 0 aliphatic carbocycles. The third kappa shape index (κ3) is 4.15. The van der Waals surface area contributed by atoms with Crippen molar-refractivity contribution in [2.75, 3.05) is 11.5 Å². The second kappa shape index (κ2) is 6.09. The molecule has 3 nitrogen and oxygen atoms in total. The highest BCUT2D eigenvalue weighted by atomic mass is 32.2. The summed E-state index contributed by atoms with van der Waals surface area (Å²) in [5.41, 5.74) is 5.66. The van der Waals surface area contributed by atoms with Crippen LogP contribution < -0.4 is 5.73 Å². The number of nitrogens with two attached hydrogens (primary N) is 1. The molecule has 0 amide bonds. The zero-order chi connectivity index (χ0) is 10.4. The minimum absolute atomic E-state index is 0.331. The molecule has 1 unspecified atom stereocenters. The van der Waals surface area contributed by atoms with Gasteiger partial charge in [0.1, 0.15) is 5.82 Å². The molecule has 0 saturated carbocycles. The van der Waals surface area contributed by atoms with E-state index in [4.69, 9.17) is 5.73 Å². The van der Waals surface area contributed by atoms with Gasteiger partial charge in [0, 0.05) is 30.7 Å². The third-order valence-corrected chi connectivity index (χ3v) is 3.11. The molecule has 80 valence electrons. The summed E-state index contributed by atoms with van der Waals surface area (Å²) >= 11 is 1.96.